The predicted molar refractivity (Wildman–Crippen MR) is 63.7 cm³/mol. The molecule has 0 aromatic heterocycles. The topological polar surface area (TPSA) is 32.3 Å². The molecule has 0 heterocycles. The van der Waals surface area contributed by atoms with Crippen molar-refractivity contribution in [2.45, 2.75) is 26.4 Å². The molecule has 1 atom stereocenters. The fourth-order valence-corrected chi connectivity index (χ4v) is 1.72. The highest BCUT2D eigenvalue weighted by Gasteiger charge is 1.99. The van der Waals surface area contributed by atoms with Crippen molar-refractivity contribution in [3.63, 3.8) is 0 Å². The SMILES string of the molecule is Cc1cc(Br)ccc1NCCC(C)O. The molecule has 3 heteroatoms. The Hall–Kier alpha value is -0.540. The van der Waals surface area contributed by atoms with Crippen LogP contribution in [0.3, 0.4) is 0 Å². The van der Waals surface area contributed by atoms with Crippen molar-refractivity contribution in [2.75, 3.05) is 11.9 Å². The zero-order valence-corrected chi connectivity index (χ0v) is 10.1. The molecule has 1 aromatic rings. The lowest BCUT2D eigenvalue weighted by atomic mass is 10.2. The fourth-order valence-electron chi connectivity index (χ4n) is 1.24. The molecule has 0 aliphatic rings. The molecule has 0 aliphatic heterocycles. The van der Waals surface area contributed by atoms with Crippen LogP contribution >= 0.6 is 15.9 Å². The predicted octanol–water partition coefficient (Wildman–Crippen LogP) is 2.94. The maximum atomic E-state index is 9.10. The van der Waals surface area contributed by atoms with E-state index in [2.05, 4.69) is 34.2 Å². The minimum absolute atomic E-state index is 0.238. The molecule has 0 aliphatic carbocycles. The fraction of sp³-hybridized carbons (Fsp3) is 0.455. The van der Waals surface area contributed by atoms with Crippen molar-refractivity contribution in [2.24, 2.45) is 0 Å². The summed E-state index contributed by atoms with van der Waals surface area (Å²) in [6.07, 6.45) is 0.536. The maximum absolute atomic E-state index is 9.10. The quantitative estimate of drug-likeness (QED) is 0.870. The van der Waals surface area contributed by atoms with Gasteiger partial charge in [-0.1, -0.05) is 15.9 Å². The van der Waals surface area contributed by atoms with Gasteiger partial charge in [-0.15, -0.1) is 0 Å². The van der Waals surface area contributed by atoms with E-state index in [9.17, 15) is 0 Å². The van der Waals surface area contributed by atoms with E-state index in [1.165, 1.54) is 5.56 Å². The number of aliphatic hydroxyl groups excluding tert-OH is 1. The second kappa shape index (κ2) is 5.37. The van der Waals surface area contributed by atoms with E-state index in [1.54, 1.807) is 6.92 Å². The van der Waals surface area contributed by atoms with E-state index in [0.717, 1.165) is 23.1 Å². The van der Waals surface area contributed by atoms with Gasteiger partial charge in [-0.25, -0.2) is 0 Å². The summed E-state index contributed by atoms with van der Waals surface area (Å²) in [5.41, 5.74) is 2.35. The Kier molecular flexibility index (Phi) is 4.42. The van der Waals surface area contributed by atoms with Crippen LogP contribution in [-0.4, -0.2) is 17.8 Å². The number of aliphatic hydroxyl groups is 1. The van der Waals surface area contributed by atoms with Crippen molar-refractivity contribution in [1.82, 2.24) is 0 Å². The second-order valence-electron chi connectivity index (χ2n) is 3.52. The molecule has 0 spiro atoms. The van der Waals surface area contributed by atoms with Crippen LogP contribution in [0.5, 0.6) is 0 Å². The first-order chi connectivity index (χ1) is 6.59. The van der Waals surface area contributed by atoms with Crippen LogP contribution < -0.4 is 5.32 Å². The molecule has 0 radical (unpaired) electrons. The average molecular weight is 258 g/mol. The van der Waals surface area contributed by atoms with E-state index >= 15 is 0 Å². The lowest BCUT2D eigenvalue weighted by Gasteiger charge is -2.10. The Balaban J connectivity index is 2.51. The molecule has 0 bridgehead atoms. The summed E-state index contributed by atoms with van der Waals surface area (Å²) in [5, 5.41) is 12.4. The van der Waals surface area contributed by atoms with Crippen molar-refractivity contribution >= 4 is 21.6 Å². The van der Waals surface area contributed by atoms with Crippen LogP contribution in [0.4, 0.5) is 5.69 Å². The normalized spacial score (nSPS) is 12.6. The summed E-state index contributed by atoms with van der Waals surface area (Å²) >= 11 is 3.42. The second-order valence-corrected chi connectivity index (χ2v) is 4.44. The summed E-state index contributed by atoms with van der Waals surface area (Å²) in [6, 6.07) is 6.13. The molecule has 0 saturated heterocycles. The van der Waals surface area contributed by atoms with Gasteiger partial charge in [0.15, 0.2) is 0 Å². The van der Waals surface area contributed by atoms with Gasteiger partial charge in [0.2, 0.25) is 0 Å². The standard InChI is InChI=1S/C11H16BrNO/c1-8-7-10(12)3-4-11(8)13-6-5-9(2)14/h3-4,7,9,13-14H,5-6H2,1-2H3. The third kappa shape index (κ3) is 3.68. The molecular formula is C11H16BrNO. The number of hydrogen-bond donors (Lipinski definition) is 2. The van der Waals surface area contributed by atoms with Crippen LogP contribution in [0.25, 0.3) is 0 Å². The monoisotopic (exact) mass is 257 g/mol. The third-order valence-electron chi connectivity index (χ3n) is 2.07. The number of hydrogen-bond acceptors (Lipinski definition) is 2. The molecule has 0 amide bonds. The van der Waals surface area contributed by atoms with Crippen molar-refractivity contribution in [1.29, 1.82) is 0 Å². The molecule has 1 aromatic carbocycles. The first-order valence-electron chi connectivity index (χ1n) is 4.77. The highest BCUT2D eigenvalue weighted by atomic mass is 79.9. The van der Waals surface area contributed by atoms with Gasteiger partial charge in [-0.2, -0.15) is 0 Å². The van der Waals surface area contributed by atoms with E-state index in [-0.39, 0.29) is 6.10 Å². The highest BCUT2D eigenvalue weighted by Crippen LogP contribution is 2.19. The van der Waals surface area contributed by atoms with E-state index < -0.39 is 0 Å². The first-order valence-corrected chi connectivity index (χ1v) is 5.57. The Morgan fingerprint density at radius 1 is 1.50 bits per heavy atom. The summed E-state index contributed by atoms with van der Waals surface area (Å²) in [6.45, 7) is 4.67. The van der Waals surface area contributed by atoms with Crippen molar-refractivity contribution in [3.05, 3.63) is 28.2 Å². The molecule has 0 saturated carbocycles. The minimum Gasteiger partial charge on any atom is -0.393 e. The van der Waals surface area contributed by atoms with Gasteiger partial charge in [0.25, 0.3) is 0 Å². The zero-order valence-electron chi connectivity index (χ0n) is 8.55. The minimum atomic E-state index is -0.238. The van der Waals surface area contributed by atoms with E-state index in [1.807, 2.05) is 12.1 Å². The van der Waals surface area contributed by atoms with Gasteiger partial charge in [0.1, 0.15) is 0 Å². The average Bonchev–Trinajstić information content (AvgIpc) is 2.08. The van der Waals surface area contributed by atoms with Gasteiger partial charge in [-0.05, 0) is 44.0 Å². The van der Waals surface area contributed by atoms with Gasteiger partial charge >= 0.3 is 0 Å². The summed E-state index contributed by atoms with van der Waals surface area (Å²) in [4.78, 5) is 0. The van der Waals surface area contributed by atoms with Crippen LogP contribution in [0.2, 0.25) is 0 Å². The Labute approximate surface area is 93.5 Å². The number of halogens is 1. The smallest absolute Gasteiger partial charge is 0.0528 e. The van der Waals surface area contributed by atoms with Crippen LogP contribution in [0, 0.1) is 6.92 Å². The number of anilines is 1. The van der Waals surface area contributed by atoms with Crippen LogP contribution in [0.1, 0.15) is 18.9 Å². The van der Waals surface area contributed by atoms with E-state index in [4.69, 9.17) is 5.11 Å². The number of aryl methyl sites for hydroxylation is 1. The lowest BCUT2D eigenvalue weighted by molar-refractivity contribution is 0.189. The molecule has 14 heavy (non-hydrogen) atoms. The molecule has 1 rings (SSSR count). The maximum Gasteiger partial charge on any atom is 0.0528 e. The third-order valence-corrected chi connectivity index (χ3v) is 2.56. The number of rotatable bonds is 4. The van der Waals surface area contributed by atoms with Crippen molar-refractivity contribution in [3.8, 4) is 0 Å². The highest BCUT2D eigenvalue weighted by molar-refractivity contribution is 9.10. The molecule has 78 valence electrons. The zero-order chi connectivity index (χ0) is 10.6. The molecular weight excluding hydrogens is 242 g/mol. The van der Waals surface area contributed by atoms with Crippen LogP contribution in [0.15, 0.2) is 22.7 Å². The Morgan fingerprint density at radius 2 is 2.21 bits per heavy atom. The summed E-state index contributed by atoms with van der Waals surface area (Å²) in [7, 11) is 0. The van der Waals surface area contributed by atoms with Gasteiger partial charge < -0.3 is 10.4 Å². The van der Waals surface area contributed by atoms with Crippen molar-refractivity contribution < 1.29 is 5.11 Å². The Bertz CT molecular complexity index is 299. The van der Waals surface area contributed by atoms with E-state index in [0.29, 0.717) is 0 Å². The van der Waals surface area contributed by atoms with Gasteiger partial charge in [0.05, 0.1) is 6.10 Å². The Morgan fingerprint density at radius 3 is 2.79 bits per heavy atom. The van der Waals surface area contributed by atoms with Gasteiger partial charge in [-0.3, -0.25) is 0 Å². The number of nitrogens with one attached hydrogen (secondary N) is 1. The van der Waals surface area contributed by atoms with Crippen LogP contribution in [-0.2, 0) is 0 Å². The molecule has 2 N–H and O–H groups in total. The number of benzene rings is 1. The molecule has 1 unspecified atom stereocenters. The summed E-state index contributed by atoms with van der Waals surface area (Å²) < 4.78 is 1.09. The molecule has 2 nitrogen and oxygen atoms in total. The lowest BCUT2D eigenvalue weighted by Crippen LogP contribution is -2.10. The summed E-state index contributed by atoms with van der Waals surface area (Å²) in [5.74, 6) is 0. The largest absolute Gasteiger partial charge is 0.393 e. The van der Waals surface area contributed by atoms with Gasteiger partial charge in [0, 0.05) is 16.7 Å². The molecule has 0 fully saturated rings. The first kappa shape index (κ1) is 11.5.